The van der Waals surface area contributed by atoms with Gasteiger partial charge in [-0.3, -0.25) is 4.79 Å². The second kappa shape index (κ2) is 8.68. The number of hydrogen-bond donors (Lipinski definition) is 1. The second-order valence-electron chi connectivity index (χ2n) is 4.23. The number of carbonyl (C=O) groups excluding carboxylic acids is 1. The number of nitrogens with two attached hydrogens (primary N) is 1. The van der Waals surface area contributed by atoms with Crippen molar-refractivity contribution < 1.29 is 14.3 Å². The van der Waals surface area contributed by atoms with Gasteiger partial charge in [0, 0.05) is 13.0 Å². The summed E-state index contributed by atoms with van der Waals surface area (Å²) in [5.41, 5.74) is 5.40. The fraction of sp³-hybridized carbons (Fsp3) is 0.909. The molecule has 2 N–H and O–H groups in total. The Morgan fingerprint density at radius 3 is 2.47 bits per heavy atom. The molecule has 90 valence electrons. The van der Waals surface area contributed by atoms with E-state index < -0.39 is 0 Å². The van der Waals surface area contributed by atoms with Gasteiger partial charge in [-0.25, -0.2) is 0 Å². The summed E-state index contributed by atoms with van der Waals surface area (Å²) in [6, 6.07) is 0. The molecule has 0 spiro atoms. The van der Waals surface area contributed by atoms with Gasteiger partial charge in [0.15, 0.2) is 0 Å². The highest BCUT2D eigenvalue weighted by Crippen LogP contribution is 2.00. The summed E-state index contributed by atoms with van der Waals surface area (Å²) in [5.74, 6) is 0.508. The number of ether oxygens (including phenoxy) is 2. The summed E-state index contributed by atoms with van der Waals surface area (Å²) in [6.07, 6.45) is 0.390. The molecule has 0 fully saturated rings. The highest BCUT2D eigenvalue weighted by molar-refractivity contribution is 5.69. The van der Waals surface area contributed by atoms with Crippen LogP contribution in [0.2, 0.25) is 0 Å². The number of esters is 1. The van der Waals surface area contributed by atoms with E-state index in [1.807, 2.05) is 6.92 Å². The van der Waals surface area contributed by atoms with E-state index in [1.54, 1.807) is 0 Å². The summed E-state index contributed by atoms with van der Waals surface area (Å²) in [5, 5.41) is 0. The third kappa shape index (κ3) is 9.69. The van der Waals surface area contributed by atoms with Crippen LogP contribution in [0.25, 0.3) is 0 Å². The Bertz CT molecular complexity index is 171. The van der Waals surface area contributed by atoms with Crippen LogP contribution in [0.1, 0.15) is 27.2 Å². The van der Waals surface area contributed by atoms with E-state index in [-0.39, 0.29) is 11.9 Å². The summed E-state index contributed by atoms with van der Waals surface area (Å²) in [7, 11) is 0. The number of carbonyl (C=O) groups is 1. The normalized spacial score (nSPS) is 12.9. The predicted molar refractivity (Wildman–Crippen MR) is 59.5 cm³/mol. The molecule has 0 radical (unpaired) electrons. The van der Waals surface area contributed by atoms with Gasteiger partial charge >= 0.3 is 5.97 Å². The summed E-state index contributed by atoms with van der Waals surface area (Å²) < 4.78 is 10.3. The maximum Gasteiger partial charge on any atom is 0.306 e. The van der Waals surface area contributed by atoms with Crippen LogP contribution in [0.15, 0.2) is 0 Å². The lowest BCUT2D eigenvalue weighted by Crippen LogP contribution is -2.18. The SMILES string of the molecule is CC(C)COCCOC(=O)CC(C)CN. The molecule has 0 heterocycles. The molecule has 0 aromatic rings. The molecule has 0 bridgehead atoms. The molecule has 1 atom stereocenters. The van der Waals surface area contributed by atoms with Gasteiger partial charge in [0.1, 0.15) is 6.61 Å². The molecule has 0 aliphatic heterocycles. The Hall–Kier alpha value is -0.610. The molecule has 0 rings (SSSR count). The molecule has 4 heteroatoms. The fourth-order valence-electron chi connectivity index (χ4n) is 0.960. The van der Waals surface area contributed by atoms with Crippen molar-refractivity contribution in [2.45, 2.75) is 27.2 Å². The van der Waals surface area contributed by atoms with E-state index in [0.29, 0.717) is 38.7 Å². The van der Waals surface area contributed by atoms with Gasteiger partial charge in [0.2, 0.25) is 0 Å². The monoisotopic (exact) mass is 217 g/mol. The zero-order valence-corrected chi connectivity index (χ0v) is 9.99. The second-order valence-corrected chi connectivity index (χ2v) is 4.23. The molecule has 0 saturated heterocycles. The minimum Gasteiger partial charge on any atom is -0.463 e. The van der Waals surface area contributed by atoms with Crippen molar-refractivity contribution in [1.29, 1.82) is 0 Å². The van der Waals surface area contributed by atoms with Crippen LogP contribution in [0.5, 0.6) is 0 Å². The van der Waals surface area contributed by atoms with Crippen molar-refractivity contribution in [1.82, 2.24) is 0 Å². The predicted octanol–water partition coefficient (Wildman–Crippen LogP) is 1.19. The van der Waals surface area contributed by atoms with E-state index in [9.17, 15) is 4.79 Å². The fourth-order valence-corrected chi connectivity index (χ4v) is 0.960. The average molecular weight is 217 g/mol. The Morgan fingerprint density at radius 2 is 1.93 bits per heavy atom. The van der Waals surface area contributed by atoms with Crippen LogP contribution in [0.4, 0.5) is 0 Å². The number of rotatable bonds is 8. The van der Waals surface area contributed by atoms with Crippen LogP contribution in [-0.4, -0.2) is 32.3 Å². The number of hydrogen-bond acceptors (Lipinski definition) is 4. The third-order valence-electron chi connectivity index (χ3n) is 1.86. The molecular weight excluding hydrogens is 194 g/mol. The zero-order valence-electron chi connectivity index (χ0n) is 9.99. The molecule has 4 nitrogen and oxygen atoms in total. The smallest absolute Gasteiger partial charge is 0.306 e. The van der Waals surface area contributed by atoms with Gasteiger partial charge in [-0.1, -0.05) is 20.8 Å². The van der Waals surface area contributed by atoms with Gasteiger partial charge in [-0.2, -0.15) is 0 Å². The topological polar surface area (TPSA) is 61.5 Å². The zero-order chi connectivity index (χ0) is 11.7. The van der Waals surface area contributed by atoms with Gasteiger partial charge in [0.25, 0.3) is 0 Å². The van der Waals surface area contributed by atoms with E-state index in [1.165, 1.54) is 0 Å². The van der Waals surface area contributed by atoms with Crippen LogP contribution >= 0.6 is 0 Å². The minimum absolute atomic E-state index is 0.189. The van der Waals surface area contributed by atoms with E-state index in [0.717, 1.165) is 0 Å². The van der Waals surface area contributed by atoms with Crippen molar-refractivity contribution in [2.24, 2.45) is 17.6 Å². The molecule has 0 aromatic carbocycles. The Morgan fingerprint density at radius 1 is 1.27 bits per heavy atom. The first kappa shape index (κ1) is 14.4. The summed E-state index contributed by atoms with van der Waals surface area (Å²) >= 11 is 0. The van der Waals surface area contributed by atoms with Crippen molar-refractivity contribution in [3.63, 3.8) is 0 Å². The highest BCUT2D eigenvalue weighted by atomic mass is 16.6. The summed E-state index contributed by atoms with van der Waals surface area (Å²) in [4.78, 5) is 11.2. The molecule has 0 aromatic heterocycles. The quantitative estimate of drug-likeness (QED) is 0.490. The first-order chi connectivity index (χ1) is 7.06. The maximum atomic E-state index is 11.2. The highest BCUT2D eigenvalue weighted by Gasteiger charge is 2.08. The van der Waals surface area contributed by atoms with Crippen LogP contribution in [0.3, 0.4) is 0 Å². The van der Waals surface area contributed by atoms with Crippen molar-refractivity contribution in [3.05, 3.63) is 0 Å². The van der Waals surface area contributed by atoms with Gasteiger partial charge in [0.05, 0.1) is 6.61 Å². The molecule has 15 heavy (non-hydrogen) atoms. The lowest BCUT2D eigenvalue weighted by Gasteiger charge is -2.09. The molecule has 0 saturated carbocycles. The molecule has 1 unspecified atom stereocenters. The van der Waals surface area contributed by atoms with Crippen LogP contribution in [-0.2, 0) is 14.3 Å². The largest absolute Gasteiger partial charge is 0.463 e. The Labute approximate surface area is 92.1 Å². The van der Waals surface area contributed by atoms with Crippen molar-refractivity contribution >= 4 is 5.97 Å². The molecular formula is C11H23NO3. The van der Waals surface area contributed by atoms with E-state index in [2.05, 4.69) is 13.8 Å². The van der Waals surface area contributed by atoms with E-state index >= 15 is 0 Å². The molecule has 0 amide bonds. The molecule has 0 aliphatic rings. The first-order valence-corrected chi connectivity index (χ1v) is 5.49. The van der Waals surface area contributed by atoms with Gasteiger partial charge in [-0.05, 0) is 18.4 Å². The molecule has 0 aliphatic carbocycles. The van der Waals surface area contributed by atoms with Gasteiger partial charge < -0.3 is 15.2 Å². The minimum atomic E-state index is -0.193. The van der Waals surface area contributed by atoms with Crippen LogP contribution < -0.4 is 5.73 Å². The average Bonchev–Trinajstić information content (AvgIpc) is 2.16. The standard InChI is InChI=1S/C11H23NO3/c1-9(2)8-14-4-5-15-11(13)6-10(3)7-12/h9-10H,4-8,12H2,1-3H3. The van der Waals surface area contributed by atoms with Crippen LogP contribution in [0, 0.1) is 11.8 Å². The maximum absolute atomic E-state index is 11.2. The van der Waals surface area contributed by atoms with Crippen molar-refractivity contribution in [2.75, 3.05) is 26.4 Å². The Balaban J connectivity index is 3.31. The lowest BCUT2D eigenvalue weighted by molar-refractivity contribution is -0.146. The van der Waals surface area contributed by atoms with Gasteiger partial charge in [-0.15, -0.1) is 0 Å². The summed E-state index contributed by atoms with van der Waals surface area (Å²) in [6.45, 7) is 8.11. The first-order valence-electron chi connectivity index (χ1n) is 5.49. The van der Waals surface area contributed by atoms with E-state index in [4.69, 9.17) is 15.2 Å². The third-order valence-corrected chi connectivity index (χ3v) is 1.86. The lowest BCUT2D eigenvalue weighted by atomic mass is 10.1. The van der Waals surface area contributed by atoms with Crippen molar-refractivity contribution in [3.8, 4) is 0 Å². The Kier molecular flexibility index (Phi) is 8.33.